The highest BCUT2D eigenvalue weighted by Crippen LogP contribution is 2.37. The molecular formula is C28H24Cl2N2O4S2. The first kappa shape index (κ1) is 28.0. The van der Waals surface area contributed by atoms with Crippen LogP contribution in [0.3, 0.4) is 0 Å². The molecule has 0 atom stereocenters. The summed E-state index contributed by atoms with van der Waals surface area (Å²) in [5, 5.41) is 3.49. The smallest absolute Gasteiger partial charge is 0.270 e. The lowest BCUT2D eigenvalue weighted by Gasteiger charge is -2.15. The molecule has 0 aliphatic carbocycles. The molecule has 0 bridgehead atoms. The lowest BCUT2D eigenvalue weighted by atomic mass is 10.1. The number of thioether (sulfide) groups is 1. The minimum absolute atomic E-state index is 0.180. The first-order valence-electron chi connectivity index (χ1n) is 11.8. The molecule has 1 heterocycles. The molecule has 1 aliphatic heterocycles. The van der Waals surface area contributed by atoms with E-state index in [0.29, 0.717) is 43.1 Å². The van der Waals surface area contributed by atoms with Crippen molar-refractivity contribution in [1.29, 1.82) is 0 Å². The third-order valence-electron chi connectivity index (χ3n) is 5.53. The van der Waals surface area contributed by atoms with Gasteiger partial charge in [0.15, 0.2) is 22.4 Å². The van der Waals surface area contributed by atoms with Crippen LogP contribution in [-0.4, -0.2) is 29.3 Å². The van der Waals surface area contributed by atoms with Gasteiger partial charge in [-0.1, -0.05) is 72.3 Å². The number of nitrogens with one attached hydrogen (secondary N) is 1. The third-order valence-corrected chi connectivity index (χ3v) is 7.38. The van der Waals surface area contributed by atoms with Crippen molar-refractivity contribution >= 4 is 80.8 Å². The van der Waals surface area contributed by atoms with E-state index in [9.17, 15) is 9.59 Å². The van der Waals surface area contributed by atoms with Crippen molar-refractivity contribution in [2.45, 2.75) is 20.3 Å². The van der Waals surface area contributed by atoms with Gasteiger partial charge in [-0.3, -0.25) is 14.5 Å². The van der Waals surface area contributed by atoms with E-state index < -0.39 is 5.91 Å². The number of hydrogen-bond donors (Lipinski definition) is 1. The van der Waals surface area contributed by atoms with Gasteiger partial charge in [-0.15, -0.1) is 0 Å². The van der Waals surface area contributed by atoms with Gasteiger partial charge >= 0.3 is 0 Å². The summed E-state index contributed by atoms with van der Waals surface area (Å²) < 4.78 is 11.9. The second kappa shape index (κ2) is 12.7. The number of carbonyl (C=O) groups excluding carboxylic acids is 2. The highest BCUT2D eigenvalue weighted by molar-refractivity contribution is 8.27. The number of nitrogens with zero attached hydrogens (tertiary/aromatic N) is 1. The van der Waals surface area contributed by atoms with Crippen LogP contribution in [0.2, 0.25) is 10.0 Å². The van der Waals surface area contributed by atoms with Gasteiger partial charge in [0, 0.05) is 5.02 Å². The quantitative estimate of drug-likeness (QED) is 0.208. The molecule has 0 radical (unpaired) electrons. The lowest BCUT2D eigenvalue weighted by Crippen LogP contribution is -2.27. The molecule has 3 aromatic rings. The molecule has 4 rings (SSSR count). The summed E-state index contributed by atoms with van der Waals surface area (Å²) in [5.41, 5.74) is 3.10. The van der Waals surface area contributed by atoms with Gasteiger partial charge in [0.05, 0.1) is 27.9 Å². The van der Waals surface area contributed by atoms with E-state index in [1.807, 2.05) is 31.2 Å². The first-order valence-corrected chi connectivity index (χ1v) is 13.8. The number of amides is 2. The van der Waals surface area contributed by atoms with Crippen LogP contribution in [0.15, 0.2) is 65.6 Å². The molecule has 6 nitrogen and oxygen atoms in total. The maximum atomic E-state index is 13.2. The molecule has 2 amide bonds. The van der Waals surface area contributed by atoms with Gasteiger partial charge in [-0.25, -0.2) is 0 Å². The zero-order valence-electron chi connectivity index (χ0n) is 20.6. The van der Waals surface area contributed by atoms with E-state index >= 15 is 0 Å². The van der Waals surface area contributed by atoms with Gasteiger partial charge in [-0.2, -0.15) is 0 Å². The Kier molecular flexibility index (Phi) is 9.33. The number of ether oxygens (including phenoxy) is 2. The Bertz CT molecular complexity index is 1410. The van der Waals surface area contributed by atoms with Gasteiger partial charge in [0.1, 0.15) is 0 Å². The number of benzene rings is 3. The molecule has 1 N–H and O–H groups in total. The second-order valence-electron chi connectivity index (χ2n) is 8.14. The summed E-state index contributed by atoms with van der Waals surface area (Å²) in [6.07, 6.45) is 2.68. The molecule has 1 fully saturated rings. The molecule has 3 aromatic carbocycles. The summed E-state index contributed by atoms with van der Waals surface area (Å²) in [4.78, 5) is 27.6. The fourth-order valence-electron chi connectivity index (χ4n) is 3.64. The number of halogens is 2. The van der Waals surface area contributed by atoms with Gasteiger partial charge < -0.3 is 14.8 Å². The van der Waals surface area contributed by atoms with E-state index in [-0.39, 0.29) is 12.5 Å². The standard InChI is InChI=1S/C28H24Cl2N2O4S2/c1-3-17-5-9-20(10-6-17)32-27(34)25(38-28(32)37)14-18-7-12-23(24(13-18)35-4-2)36-16-26(33)31-22-11-8-19(29)15-21(22)30/h5-15H,3-4,16H2,1-2H3,(H,31,33)/b25-14-. The molecule has 1 saturated heterocycles. The van der Waals surface area contributed by atoms with E-state index in [1.165, 1.54) is 22.2 Å². The summed E-state index contributed by atoms with van der Waals surface area (Å²) in [6, 6.07) is 17.8. The number of hydrogen-bond acceptors (Lipinski definition) is 6. The molecular weight excluding hydrogens is 563 g/mol. The summed E-state index contributed by atoms with van der Waals surface area (Å²) in [7, 11) is 0. The fraction of sp³-hybridized carbons (Fsp3) is 0.179. The van der Waals surface area contributed by atoms with Gasteiger partial charge in [-0.05, 0) is 73.0 Å². The van der Waals surface area contributed by atoms with Crippen LogP contribution in [0.5, 0.6) is 11.5 Å². The van der Waals surface area contributed by atoms with E-state index in [4.69, 9.17) is 44.9 Å². The van der Waals surface area contributed by atoms with Crippen molar-refractivity contribution < 1.29 is 19.1 Å². The summed E-state index contributed by atoms with van der Waals surface area (Å²) in [6.45, 7) is 4.06. The van der Waals surface area contributed by atoms with Crippen LogP contribution in [0.25, 0.3) is 6.08 Å². The van der Waals surface area contributed by atoms with E-state index in [0.717, 1.165) is 17.7 Å². The SMILES string of the molecule is CCOc1cc(/C=C2\SC(=S)N(c3ccc(CC)cc3)C2=O)ccc1OCC(=O)Nc1ccc(Cl)cc1Cl. The van der Waals surface area contributed by atoms with Crippen LogP contribution in [0.1, 0.15) is 25.0 Å². The average Bonchev–Trinajstić information content (AvgIpc) is 3.17. The Labute approximate surface area is 240 Å². The second-order valence-corrected chi connectivity index (χ2v) is 10.7. The van der Waals surface area contributed by atoms with Crippen molar-refractivity contribution in [3.05, 3.63) is 86.7 Å². The molecule has 38 heavy (non-hydrogen) atoms. The minimum atomic E-state index is -0.392. The highest BCUT2D eigenvalue weighted by atomic mass is 35.5. The Hall–Kier alpha value is -3.04. The fourth-order valence-corrected chi connectivity index (χ4v) is 5.40. The van der Waals surface area contributed by atoms with Crippen LogP contribution in [-0.2, 0) is 16.0 Å². The van der Waals surface area contributed by atoms with Crippen molar-refractivity contribution in [1.82, 2.24) is 0 Å². The van der Waals surface area contributed by atoms with Crippen LogP contribution < -0.4 is 19.7 Å². The number of aryl methyl sites for hydroxylation is 1. The molecule has 0 unspecified atom stereocenters. The monoisotopic (exact) mass is 586 g/mol. The Morgan fingerprint density at radius 2 is 1.79 bits per heavy atom. The average molecular weight is 588 g/mol. The van der Waals surface area contributed by atoms with Crippen LogP contribution in [0.4, 0.5) is 11.4 Å². The highest BCUT2D eigenvalue weighted by Gasteiger charge is 2.33. The number of anilines is 2. The molecule has 196 valence electrons. The number of thiocarbonyl (C=S) groups is 1. The predicted octanol–water partition coefficient (Wildman–Crippen LogP) is 7.38. The van der Waals surface area contributed by atoms with Crippen LogP contribution >= 0.6 is 47.2 Å². The van der Waals surface area contributed by atoms with Crippen molar-refractivity contribution in [3.8, 4) is 11.5 Å². The normalized spacial score (nSPS) is 14.2. The zero-order chi connectivity index (χ0) is 27.2. The largest absolute Gasteiger partial charge is 0.490 e. The first-order chi connectivity index (χ1) is 18.3. The summed E-state index contributed by atoms with van der Waals surface area (Å²) in [5.74, 6) is 0.269. The Balaban J connectivity index is 1.47. The molecule has 0 saturated carbocycles. The maximum Gasteiger partial charge on any atom is 0.270 e. The molecule has 10 heteroatoms. The van der Waals surface area contributed by atoms with E-state index in [2.05, 4.69) is 12.2 Å². The van der Waals surface area contributed by atoms with E-state index in [1.54, 1.807) is 42.5 Å². The van der Waals surface area contributed by atoms with Crippen molar-refractivity contribution in [3.63, 3.8) is 0 Å². The minimum Gasteiger partial charge on any atom is -0.490 e. The zero-order valence-corrected chi connectivity index (χ0v) is 23.8. The lowest BCUT2D eigenvalue weighted by molar-refractivity contribution is -0.118. The third kappa shape index (κ3) is 6.69. The molecule has 1 aliphatic rings. The Morgan fingerprint density at radius 1 is 1.03 bits per heavy atom. The molecule has 0 spiro atoms. The predicted molar refractivity (Wildman–Crippen MR) is 160 cm³/mol. The Morgan fingerprint density at radius 3 is 2.47 bits per heavy atom. The van der Waals surface area contributed by atoms with Gasteiger partial charge in [0.25, 0.3) is 11.8 Å². The number of rotatable bonds is 9. The number of carbonyl (C=O) groups is 2. The topological polar surface area (TPSA) is 67.9 Å². The van der Waals surface area contributed by atoms with Gasteiger partial charge in [0.2, 0.25) is 0 Å². The van der Waals surface area contributed by atoms with Crippen molar-refractivity contribution in [2.75, 3.05) is 23.4 Å². The molecule has 0 aromatic heterocycles. The van der Waals surface area contributed by atoms with Crippen molar-refractivity contribution in [2.24, 2.45) is 0 Å². The van der Waals surface area contributed by atoms with Crippen LogP contribution in [0, 0.1) is 0 Å². The maximum absolute atomic E-state index is 13.2. The summed E-state index contributed by atoms with van der Waals surface area (Å²) >= 11 is 18.8.